The highest BCUT2D eigenvalue weighted by atomic mass is 35.5. The number of carbonyl (C=O) groups is 1. The van der Waals surface area contributed by atoms with Gasteiger partial charge in [0.25, 0.3) is 5.91 Å². The molecular formula is C20H29ClN2O3S. The first-order valence-corrected chi connectivity index (χ1v) is 11.6. The average molecular weight is 413 g/mol. The fraction of sp³-hybridized carbons (Fsp3) is 0.650. The minimum absolute atomic E-state index is 0.0437. The zero-order chi connectivity index (χ0) is 19.8. The van der Waals surface area contributed by atoms with E-state index in [-0.39, 0.29) is 15.8 Å². The monoisotopic (exact) mass is 412 g/mol. The van der Waals surface area contributed by atoms with Gasteiger partial charge in [-0.15, -0.1) is 0 Å². The number of hydrogen-bond acceptors (Lipinski definition) is 3. The number of rotatable bonds is 3. The molecule has 2 fully saturated rings. The molecule has 27 heavy (non-hydrogen) atoms. The Hall–Kier alpha value is -1.11. The zero-order valence-corrected chi connectivity index (χ0v) is 17.9. The summed E-state index contributed by atoms with van der Waals surface area (Å²) in [6.45, 7) is 8.76. The molecule has 0 radical (unpaired) electrons. The molecule has 1 amide bonds. The number of piperidine rings is 2. The Morgan fingerprint density at radius 1 is 1.07 bits per heavy atom. The molecule has 1 aromatic rings. The summed E-state index contributed by atoms with van der Waals surface area (Å²) in [7, 11) is -3.70. The molecule has 5 nitrogen and oxygen atoms in total. The highest BCUT2D eigenvalue weighted by molar-refractivity contribution is 7.89. The van der Waals surface area contributed by atoms with Crippen molar-refractivity contribution in [2.75, 3.05) is 26.2 Å². The SMILES string of the molecule is C[C@@H]1C[C@@H](C)CN(C(=O)c2ccc(Cl)c(S(=O)(=O)N3CCC[C@H](C)C3)c2)C1. The quantitative estimate of drug-likeness (QED) is 0.756. The van der Waals surface area contributed by atoms with Crippen molar-refractivity contribution in [2.45, 2.75) is 44.9 Å². The van der Waals surface area contributed by atoms with Gasteiger partial charge in [-0.05, 0) is 55.2 Å². The van der Waals surface area contributed by atoms with E-state index in [2.05, 4.69) is 20.8 Å². The Bertz CT molecular complexity index is 801. The first-order valence-electron chi connectivity index (χ1n) is 9.77. The number of likely N-dealkylation sites (tertiary alicyclic amines) is 1. The summed E-state index contributed by atoms with van der Waals surface area (Å²) in [5.74, 6) is 1.10. The van der Waals surface area contributed by atoms with E-state index in [0.717, 1.165) is 19.3 Å². The van der Waals surface area contributed by atoms with Crippen LogP contribution in [0, 0.1) is 17.8 Å². The number of sulfonamides is 1. The van der Waals surface area contributed by atoms with E-state index in [9.17, 15) is 13.2 Å². The van der Waals surface area contributed by atoms with E-state index in [1.807, 2.05) is 4.90 Å². The molecule has 0 aliphatic carbocycles. The van der Waals surface area contributed by atoms with Gasteiger partial charge in [-0.1, -0.05) is 32.4 Å². The number of amides is 1. The first kappa shape index (κ1) is 20.6. The highest BCUT2D eigenvalue weighted by Crippen LogP contribution is 2.30. The molecule has 3 rings (SSSR count). The van der Waals surface area contributed by atoms with Crippen molar-refractivity contribution in [3.05, 3.63) is 28.8 Å². The van der Waals surface area contributed by atoms with Crippen LogP contribution < -0.4 is 0 Å². The third-order valence-electron chi connectivity index (χ3n) is 5.57. The summed E-state index contributed by atoms with van der Waals surface area (Å²) in [5.41, 5.74) is 0.393. The van der Waals surface area contributed by atoms with E-state index in [4.69, 9.17) is 11.6 Å². The van der Waals surface area contributed by atoms with Crippen LogP contribution in [0.1, 0.15) is 50.4 Å². The normalized spacial score (nSPS) is 27.6. The summed E-state index contributed by atoms with van der Waals surface area (Å²) < 4.78 is 27.8. The van der Waals surface area contributed by atoms with Gasteiger partial charge < -0.3 is 4.90 Å². The van der Waals surface area contributed by atoms with Gasteiger partial charge in [0.2, 0.25) is 10.0 Å². The molecule has 0 saturated carbocycles. The van der Waals surface area contributed by atoms with Crippen molar-refractivity contribution in [2.24, 2.45) is 17.8 Å². The Morgan fingerprint density at radius 2 is 1.74 bits per heavy atom. The first-order chi connectivity index (χ1) is 12.7. The Labute approximate surface area is 167 Å². The summed E-state index contributed by atoms with van der Waals surface area (Å²) in [6, 6.07) is 4.63. The van der Waals surface area contributed by atoms with Gasteiger partial charge >= 0.3 is 0 Å². The second kappa shape index (κ2) is 8.10. The van der Waals surface area contributed by atoms with Crippen molar-refractivity contribution < 1.29 is 13.2 Å². The van der Waals surface area contributed by atoms with Crippen molar-refractivity contribution in [1.82, 2.24) is 9.21 Å². The average Bonchev–Trinajstić information content (AvgIpc) is 2.60. The van der Waals surface area contributed by atoms with Crippen molar-refractivity contribution >= 4 is 27.5 Å². The van der Waals surface area contributed by atoms with E-state index in [1.54, 1.807) is 6.07 Å². The minimum atomic E-state index is -3.70. The smallest absolute Gasteiger partial charge is 0.253 e. The van der Waals surface area contributed by atoms with Crippen LogP contribution in [0.15, 0.2) is 23.1 Å². The lowest BCUT2D eigenvalue weighted by molar-refractivity contribution is 0.0623. The fourth-order valence-electron chi connectivity index (χ4n) is 4.35. The van der Waals surface area contributed by atoms with Crippen LogP contribution in [-0.2, 0) is 10.0 Å². The minimum Gasteiger partial charge on any atom is -0.338 e. The van der Waals surface area contributed by atoms with Gasteiger partial charge in [0.1, 0.15) is 4.90 Å². The van der Waals surface area contributed by atoms with Crippen LogP contribution >= 0.6 is 11.6 Å². The lowest BCUT2D eigenvalue weighted by atomic mass is 9.91. The molecule has 2 aliphatic rings. The summed E-state index contributed by atoms with van der Waals surface area (Å²) in [6.07, 6.45) is 2.99. The van der Waals surface area contributed by atoms with E-state index in [1.165, 1.54) is 16.4 Å². The number of halogens is 1. The predicted octanol–water partition coefficient (Wildman–Crippen LogP) is 3.88. The standard InChI is InChI=1S/C20H29ClN2O3S/c1-14-5-4-8-23(13-14)27(25,26)19-10-17(6-7-18(19)21)20(24)22-11-15(2)9-16(3)12-22/h6-7,10,14-16H,4-5,8-9,11-13H2,1-3H3/t14-,15+,16+/m0/s1. The molecule has 150 valence electrons. The molecule has 7 heteroatoms. The van der Waals surface area contributed by atoms with Crippen molar-refractivity contribution in [3.8, 4) is 0 Å². The van der Waals surface area contributed by atoms with Crippen LogP contribution in [0.4, 0.5) is 0 Å². The summed E-state index contributed by atoms with van der Waals surface area (Å²) in [4.78, 5) is 14.9. The number of carbonyl (C=O) groups excluding carboxylic acids is 1. The van der Waals surface area contributed by atoms with Crippen LogP contribution in [-0.4, -0.2) is 49.7 Å². The van der Waals surface area contributed by atoms with Gasteiger partial charge in [-0.25, -0.2) is 8.42 Å². The van der Waals surface area contributed by atoms with Gasteiger partial charge in [-0.3, -0.25) is 4.79 Å². The molecule has 3 atom stereocenters. The maximum Gasteiger partial charge on any atom is 0.253 e. The molecule has 0 aromatic heterocycles. The molecular weight excluding hydrogens is 384 g/mol. The fourth-order valence-corrected chi connectivity index (χ4v) is 6.45. The van der Waals surface area contributed by atoms with Crippen LogP contribution in [0.25, 0.3) is 0 Å². The van der Waals surface area contributed by atoms with Crippen molar-refractivity contribution in [3.63, 3.8) is 0 Å². The zero-order valence-electron chi connectivity index (χ0n) is 16.3. The molecule has 2 saturated heterocycles. The van der Waals surface area contributed by atoms with Gasteiger partial charge in [0.15, 0.2) is 0 Å². The predicted molar refractivity (Wildman–Crippen MR) is 107 cm³/mol. The van der Waals surface area contributed by atoms with E-state index >= 15 is 0 Å². The van der Waals surface area contributed by atoms with Crippen LogP contribution in [0.2, 0.25) is 5.02 Å². The van der Waals surface area contributed by atoms with E-state index in [0.29, 0.717) is 49.5 Å². The Morgan fingerprint density at radius 3 is 2.37 bits per heavy atom. The Balaban J connectivity index is 1.89. The molecule has 0 bridgehead atoms. The van der Waals surface area contributed by atoms with Gasteiger partial charge in [0.05, 0.1) is 5.02 Å². The second-order valence-corrected chi connectivity index (χ2v) is 10.7. The van der Waals surface area contributed by atoms with E-state index < -0.39 is 10.0 Å². The molecule has 1 aromatic carbocycles. The maximum atomic E-state index is 13.1. The second-order valence-electron chi connectivity index (χ2n) is 8.41. The van der Waals surface area contributed by atoms with Crippen LogP contribution in [0.5, 0.6) is 0 Å². The number of hydrogen-bond donors (Lipinski definition) is 0. The highest BCUT2D eigenvalue weighted by Gasteiger charge is 2.32. The molecule has 0 N–H and O–H groups in total. The number of benzene rings is 1. The third kappa shape index (κ3) is 4.49. The lowest BCUT2D eigenvalue weighted by Gasteiger charge is -2.35. The lowest BCUT2D eigenvalue weighted by Crippen LogP contribution is -2.42. The van der Waals surface area contributed by atoms with Gasteiger partial charge in [0, 0.05) is 31.7 Å². The van der Waals surface area contributed by atoms with Crippen LogP contribution in [0.3, 0.4) is 0 Å². The third-order valence-corrected chi connectivity index (χ3v) is 7.92. The molecule has 2 heterocycles. The summed E-state index contributed by atoms with van der Waals surface area (Å²) in [5, 5.41) is 0.171. The van der Waals surface area contributed by atoms with Crippen molar-refractivity contribution in [1.29, 1.82) is 0 Å². The Kier molecular flexibility index (Phi) is 6.18. The molecule has 0 spiro atoms. The maximum absolute atomic E-state index is 13.1. The molecule has 2 aliphatic heterocycles. The largest absolute Gasteiger partial charge is 0.338 e. The number of nitrogens with zero attached hydrogens (tertiary/aromatic N) is 2. The van der Waals surface area contributed by atoms with Gasteiger partial charge in [-0.2, -0.15) is 4.31 Å². The topological polar surface area (TPSA) is 57.7 Å². The molecule has 0 unspecified atom stereocenters. The summed E-state index contributed by atoms with van der Waals surface area (Å²) >= 11 is 6.24.